The number of likely N-dealkylation sites (tertiary alicyclic amines) is 1. The zero-order chi connectivity index (χ0) is 31.9. The molecule has 236 valence electrons. The number of benzene rings is 2. The lowest BCUT2D eigenvalue weighted by Crippen LogP contribution is -2.57. The van der Waals surface area contributed by atoms with E-state index in [9.17, 15) is 17.6 Å². The molecule has 0 aliphatic carbocycles. The second-order valence-electron chi connectivity index (χ2n) is 11.6. The summed E-state index contributed by atoms with van der Waals surface area (Å²) in [5.74, 6) is -1.96. The Hall–Kier alpha value is -3.99. The number of fused-ring (bicyclic) bond motifs is 2. The number of nitrogens with zero attached hydrogens (tertiary/aromatic N) is 7. The third-order valence-electron chi connectivity index (χ3n) is 8.76. The van der Waals surface area contributed by atoms with Crippen LogP contribution < -0.4 is 13.9 Å². The average Bonchev–Trinajstić information content (AvgIpc) is 3.43. The second kappa shape index (κ2) is 12.4. The molecule has 3 aromatic rings. The number of amides is 1. The standard InChI is InChI=1S/C31H33ClFN7O4S/c1-20(33)30(41)39-14-13-38(16-23(39)15-34-2)29-24-19-45(42,43)40(27-11-5-8-21-7-4-10-25(32)28(21)27)17-26(24)35-31(36-29)44-18-22-9-6-12-37(22)3/h4-5,7-8,10-11,22-23H,1,6,9,12-19H2,3H3/t22-,23-/m0/s1. The predicted molar refractivity (Wildman–Crippen MR) is 170 cm³/mol. The van der Waals surface area contributed by atoms with Gasteiger partial charge in [0.2, 0.25) is 16.6 Å². The van der Waals surface area contributed by atoms with Gasteiger partial charge in [-0.15, -0.1) is 0 Å². The van der Waals surface area contributed by atoms with Crippen LogP contribution in [0.2, 0.25) is 5.02 Å². The number of likely N-dealkylation sites (N-methyl/N-ethyl adjacent to an activating group) is 1. The van der Waals surface area contributed by atoms with Crippen LogP contribution in [0, 0.1) is 6.57 Å². The number of carbonyl (C=O) groups excluding carboxylic acids is 1. The molecule has 0 spiro atoms. The Bertz CT molecular complexity index is 1810. The summed E-state index contributed by atoms with van der Waals surface area (Å²) in [6.45, 7) is 12.3. The quantitative estimate of drug-likeness (QED) is 0.278. The minimum absolute atomic E-state index is 0.0614. The summed E-state index contributed by atoms with van der Waals surface area (Å²) in [5, 5.41) is 1.87. The normalized spacial score (nSPS) is 21.4. The third-order valence-corrected chi connectivity index (χ3v) is 10.7. The Morgan fingerprint density at radius 1 is 1.18 bits per heavy atom. The summed E-state index contributed by atoms with van der Waals surface area (Å²) in [6.07, 6.45) is 2.05. The summed E-state index contributed by atoms with van der Waals surface area (Å²) in [4.78, 5) is 30.8. The maximum atomic E-state index is 14.0. The van der Waals surface area contributed by atoms with Crippen molar-refractivity contribution in [1.82, 2.24) is 19.8 Å². The van der Waals surface area contributed by atoms with Gasteiger partial charge in [-0.3, -0.25) is 9.10 Å². The number of carbonyl (C=O) groups is 1. The number of rotatable bonds is 7. The van der Waals surface area contributed by atoms with Crippen molar-refractivity contribution in [1.29, 1.82) is 0 Å². The number of ether oxygens (including phenoxy) is 1. The Morgan fingerprint density at radius 2 is 1.96 bits per heavy atom. The van der Waals surface area contributed by atoms with Crippen LogP contribution in [0.3, 0.4) is 0 Å². The Balaban J connectivity index is 1.40. The van der Waals surface area contributed by atoms with E-state index in [2.05, 4.69) is 16.3 Å². The molecular weight excluding hydrogens is 621 g/mol. The van der Waals surface area contributed by atoms with E-state index in [1.807, 2.05) is 30.1 Å². The maximum Gasteiger partial charge on any atom is 0.318 e. The van der Waals surface area contributed by atoms with Crippen LogP contribution in [0.1, 0.15) is 24.1 Å². The first-order valence-corrected chi connectivity index (χ1v) is 16.7. The van der Waals surface area contributed by atoms with Crippen LogP contribution in [-0.4, -0.2) is 92.6 Å². The van der Waals surface area contributed by atoms with E-state index in [4.69, 9.17) is 32.9 Å². The van der Waals surface area contributed by atoms with Crippen molar-refractivity contribution < 1.29 is 22.3 Å². The van der Waals surface area contributed by atoms with E-state index in [0.717, 1.165) is 24.8 Å². The smallest absolute Gasteiger partial charge is 0.318 e. The van der Waals surface area contributed by atoms with Crippen LogP contribution in [0.25, 0.3) is 15.6 Å². The molecule has 2 fully saturated rings. The van der Waals surface area contributed by atoms with Gasteiger partial charge in [0.05, 0.1) is 28.7 Å². The highest BCUT2D eigenvalue weighted by Gasteiger charge is 2.39. The largest absolute Gasteiger partial charge is 0.462 e. The molecule has 0 saturated carbocycles. The van der Waals surface area contributed by atoms with Gasteiger partial charge in [0, 0.05) is 36.6 Å². The van der Waals surface area contributed by atoms with Crippen molar-refractivity contribution in [3.63, 3.8) is 0 Å². The molecule has 0 radical (unpaired) electrons. The molecule has 45 heavy (non-hydrogen) atoms. The lowest BCUT2D eigenvalue weighted by molar-refractivity contribution is -0.131. The fourth-order valence-electron chi connectivity index (χ4n) is 6.41. The second-order valence-corrected chi connectivity index (χ2v) is 13.9. The molecule has 0 bridgehead atoms. The van der Waals surface area contributed by atoms with Crippen molar-refractivity contribution in [3.05, 3.63) is 76.5 Å². The van der Waals surface area contributed by atoms with Crippen LogP contribution >= 0.6 is 11.6 Å². The Labute approximate surface area is 266 Å². The first-order chi connectivity index (χ1) is 21.6. The van der Waals surface area contributed by atoms with Crippen molar-refractivity contribution >= 4 is 49.8 Å². The monoisotopic (exact) mass is 653 g/mol. The van der Waals surface area contributed by atoms with Gasteiger partial charge in [0.25, 0.3) is 5.91 Å². The molecule has 2 atom stereocenters. The lowest BCUT2D eigenvalue weighted by atomic mass is 10.1. The Morgan fingerprint density at radius 3 is 2.67 bits per heavy atom. The van der Waals surface area contributed by atoms with Gasteiger partial charge in [-0.25, -0.2) is 19.4 Å². The van der Waals surface area contributed by atoms with Crippen LogP contribution in [-0.2, 0) is 27.1 Å². The van der Waals surface area contributed by atoms with Crippen molar-refractivity contribution in [2.75, 3.05) is 55.6 Å². The lowest BCUT2D eigenvalue weighted by Gasteiger charge is -2.41. The summed E-state index contributed by atoms with van der Waals surface area (Å²) < 4.78 is 49.2. The van der Waals surface area contributed by atoms with E-state index >= 15 is 0 Å². The zero-order valence-corrected chi connectivity index (χ0v) is 26.4. The highest BCUT2D eigenvalue weighted by Crippen LogP contribution is 2.40. The molecule has 3 aliphatic heterocycles. The average molecular weight is 654 g/mol. The highest BCUT2D eigenvalue weighted by atomic mass is 35.5. The molecule has 1 amide bonds. The molecular formula is C31H33ClFN7O4S. The summed E-state index contributed by atoms with van der Waals surface area (Å²) in [7, 11) is -1.87. The summed E-state index contributed by atoms with van der Waals surface area (Å²) in [6, 6.07) is 10.5. The van der Waals surface area contributed by atoms with Crippen LogP contribution in [0.5, 0.6) is 6.01 Å². The van der Waals surface area contributed by atoms with Gasteiger partial charge in [-0.05, 0) is 44.0 Å². The molecule has 2 saturated heterocycles. The van der Waals surface area contributed by atoms with Crippen molar-refractivity contribution in [2.24, 2.45) is 0 Å². The third kappa shape index (κ3) is 6.02. The SMILES string of the molecule is [C-]#[N+]C[C@H]1CN(c2nc(OC[C@@H]3CCCN3C)nc3c2CS(=O)(=O)N(c2cccc4cccc(Cl)c24)C3)CCN1C(=O)C(=C)F. The predicted octanol–water partition coefficient (Wildman–Crippen LogP) is 4.03. The molecule has 2 aromatic carbocycles. The van der Waals surface area contributed by atoms with Gasteiger partial charge in [-0.2, -0.15) is 9.97 Å². The van der Waals surface area contributed by atoms with E-state index in [-0.39, 0.29) is 50.5 Å². The number of sulfonamides is 1. The number of aromatic nitrogens is 2. The minimum atomic E-state index is -3.92. The first-order valence-electron chi connectivity index (χ1n) is 14.7. The van der Waals surface area contributed by atoms with Crippen LogP contribution in [0.15, 0.2) is 48.8 Å². The number of hydrogen-bond donors (Lipinski definition) is 0. The van der Waals surface area contributed by atoms with Crippen molar-refractivity contribution in [2.45, 2.75) is 37.2 Å². The van der Waals surface area contributed by atoms with Gasteiger partial charge in [0.15, 0.2) is 5.83 Å². The molecule has 3 aliphatic rings. The molecule has 0 N–H and O–H groups in total. The minimum Gasteiger partial charge on any atom is -0.462 e. The van der Waals surface area contributed by atoms with Crippen molar-refractivity contribution in [3.8, 4) is 6.01 Å². The number of hydrogen-bond acceptors (Lipinski definition) is 8. The number of anilines is 2. The van der Waals surface area contributed by atoms with E-state index in [0.29, 0.717) is 39.8 Å². The molecule has 1 aromatic heterocycles. The van der Waals surface area contributed by atoms with Crippen LogP contribution in [0.4, 0.5) is 15.9 Å². The highest BCUT2D eigenvalue weighted by molar-refractivity contribution is 7.92. The summed E-state index contributed by atoms with van der Waals surface area (Å²) in [5.41, 5.74) is 1.37. The number of piperazine rings is 1. The molecule has 6 rings (SSSR count). The maximum absolute atomic E-state index is 14.0. The zero-order valence-electron chi connectivity index (χ0n) is 24.8. The van der Waals surface area contributed by atoms with Gasteiger partial charge < -0.3 is 24.3 Å². The van der Waals surface area contributed by atoms with Gasteiger partial charge in [-0.1, -0.05) is 42.4 Å². The molecule has 11 nitrogen and oxygen atoms in total. The van der Waals surface area contributed by atoms with E-state index < -0.39 is 27.8 Å². The Kier molecular flexibility index (Phi) is 8.56. The fraction of sp³-hybridized carbons (Fsp3) is 0.419. The fourth-order valence-corrected chi connectivity index (χ4v) is 8.27. The summed E-state index contributed by atoms with van der Waals surface area (Å²) >= 11 is 6.58. The van der Waals surface area contributed by atoms with Gasteiger partial charge in [0.1, 0.15) is 18.5 Å². The molecule has 14 heteroatoms. The van der Waals surface area contributed by atoms with E-state index in [1.165, 1.54) is 9.21 Å². The first kappa shape index (κ1) is 31.0. The number of halogens is 2. The van der Waals surface area contributed by atoms with E-state index in [1.54, 1.807) is 18.2 Å². The topological polar surface area (TPSA) is 104 Å². The molecule has 4 heterocycles. The molecule has 0 unspecified atom stereocenters. The van der Waals surface area contributed by atoms with Gasteiger partial charge >= 0.3 is 6.01 Å².